The van der Waals surface area contributed by atoms with Crippen LogP contribution in [-0.4, -0.2) is 46.0 Å². The van der Waals surface area contributed by atoms with Gasteiger partial charge in [0.15, 0.2) is 0 Å². The second-order valence-corrected chi connectivity index (χ2v) is 7.12. The summed E-state index contributed by atoms with van der Waals surface area (Å²) >= 11 is 0. The molecule has 122 valence electrons. The number of sulfonamides is 1. The van der Waals surface area contributed by atoms with Crippen LogP contribution in [0.1, 0.15) is 32.3 Å². The number of hydrogen-bond donors (Lipinski definition) is 2. The number of hydrogen-bond acceptors (Lipinski definition) is 5. The van der Waals surface area contributed by atoms with Gasteiger partial charge in [-0.1, -0.05) is 6.92 Å². The first-order valence-corrected chi connectivity index (χ1v) is 8.76. The number of aryl methyl sites for hydroxylation is 1. The minimum atomic E-state index is -3.51. The van der Waals surface area contributed by atoms with Crippen molar-refractivity contribution in [2.24, 2.45) is 0 Å². The molecule has 0 saturated carbocycles. The van der Waals surface area contributed by atoms with Crippen LogP contribution in [-0.2, 0) is 16.6 Å². The summed E-state index contributed by atoms with van der Waals surface area (Å²) < 4.78 is 32.7. The third kappa shape index (κ3) is 5.43. The third-order valence-corrected chi connectivity index (χ3v) is 4.97. The molecule has 7 heteroatoms. The Morgan fingerprint density at radius 1 is 1.38 bits per heavy atom. The average molecular weight is 317 g/mol. The van der Waals surface area contributed by atoms with E-state index in [1.165, 1.54) is 0 Å². The Balaban J connectivity index is 2.67. The van der Waals surface area contributed by atoms with Gasteiger partial charge in [-0.05, 0) is 34.4 Å². The second kappa shape index (κ2) is 7.93. The van der Waals surface area contributed by atoms with Crippen molar-refractivity contribution < 1.29 is 12.8 Å². The third-order valence-electron chi connectivity index (χ3n) is 3.40. The summed E-state index contributed by atoms with van der Waals surface area (Å²) in [6.07, 6.45) is 0. The van der Waals surface area contributed by atoms with E-state index in [0.717, 1.165) is 6.54 Å². The molecule has 0 bridgehead atoms. The lowest BCUT2D eigenvalue weighted by molar-refractivity contribution is 0.278. The highest BCUT2D eigenvalue weighted by Gasteiger charge is 2.21. The highest BCUT2D eigenvalue weighted by molar-refractivity contribution is 7.89. The van der Waals surface area contributed by atoms with Crippen LogP contribution >= 0.6 is 0 Å². The molecule has 0 fully saturated rings. The van der Waals surface area contributed by atoms with Crippen molar-refractivity contribution in [2.45, 2.75) is 45.2 Å². The highest BCUT2D eigenvalue weighted by atomic mass is 32.2. The minimum Gasteiger partial charge on any atom is -0.464 e. The van der Waals surface area contributed by atoms with Gasteiger partial charge >= 0.3 is 0 Å². The van der Waals surface area contributed by atoms with Crippen molar-refractivity contribution >= 4 is 10.0 Å². The largest absolute Gasteiger partial charge is 0.464 e. The normalized spacial score (nSPS) is 12.5. The zero-order valence-electron chi connectivity index (χ0n) is 13.6. The Hall–Kier alpha value is -0.890. The maximum atomic E-state index is 12.3. The summed E-state index contributed by atoms with van der Waals surface area (Å²) in [5, 5.41) is 3.11. The van der Waals surface area contributed by atoms with E-state index in [1.807, 2.05) is 14.0 Å². The van der Waals surface area contributed by atoms with Gasteiger partial charge in [0, 0.05) is 25.2 Å². The monoisotopic (exact) mass is 317 g/mol. The van der Waals surface area contributed by atoms with E-state index in [0.29, 0.717) is 37.2 Å². The molecule has 1 rings (SSSR count). The fourth-order valence-corrected chi connectivity index (χ4v) is 3.04. The molecule has 1 aromatic heterocycles. The molecule has 1 heterocycles. The summed E-state index contributed by atoms with van der Waals surface area (Å²) in [6, 6.07) is 1.98. The van der Waals surface area contributed by atoms with Gasteiger partial charge in [-0.3, -0.25) is 0 Å². The van der Waals surface area contributed by atoms with Crippen LogP contribution in [0.2, 0.25) is 0 Å². The lowest BCUT2D eigenvalue weighted by Gasteiger charge is -2.20. The molecule has 0 spiro atoms. The maximum Gasteiger partial charge on any atom is 0.244 e. The molecule has 6 nitrogen and oxygen atoms in total. The van der Waals surface area contributed by atoms with Crippen LogP contribution in [0.3, 0.4) is 0 Å². The zero-order valence-corrected chi connectivity index (χ0v) is 14.4. The van der Waals surface area contributed by atoms with Gasteiger partial charge in [0.2, 0.25) is 10.0 Å². The minimum absolute atomic E-state index is 0.225. The lowest BCUT2D eigenvalue weighted by Crippen LogP contribution is -2.36. The van der Waals surface area contributed by atoms with Gasteiger partial charge < -0.3 is 14.6 Å². The van der Waals surface area contributed by atoms with Crippen LogP contribution in [0.4, 0.5) is 0 Å². The first kappa shape index (κ1) is 18.2. The van der Waals surface area contributed by atoms with Crippen molar-refractivity contribution in [3.05, 3.63) is 17.6 Å². The molecule has 0 aromatic carbocycles. The Morgan fingerprint density at radius 3 is 2.62 bits per heavy atom. The van der Waals surface area contributed by atoms with Gasteiger partial charge in [0.25, 0.3) is 0 Å². The molecule has 0 aliphatic rings. The molecule has 2 N–H and O–H groups in total. The molecule has 0 amide bonds. The van der Waals surface area contributed by atoms with Gasteiger partial charge in [-0.25, -0.2) is 13.1 Å². The van der Waals surface area contributed by atoms with Crippen molar-refractivity contribution in [1.29, 1.82) is 0 Å². The molecular weight excluding hydrogens is 290 g/mol. The Kier molecular flexibility index (Phi) is 6.86. The Labute approximate surface area is 127 Å². The number of furan rings is 1. The number of nitrogens with zero attached hydrogens (tertiary/aromatic N) is 1. The summed E-state index contributed by atoms with van der Waals surface area (Å²) in [7, 11) is -1.55. The predicted molar refractivity (Wildman–Crippen MR) is 83.8 cm³/mol. The number of likely N-dealkylation sites (N-methyl/N-ethyl adjacent to an activating group) is 1. The molecule has 0 saturated heterocycles. The SMILES string of the molecule is CCNCc1cc(S(=O)(=O)NCCN(C)C(C)C)c(C)o1. The summed E-state index contributed by atoms with van der Waals surface area (Å²) in [4.78, 5) is 2.31. The van der Waals surface area contributed by atoms with E-state index in [4.69, 9.17) is 4.42 Å². The first-order chi connectivity index (χ1) is 9.77. The van der Waals surface area contributed by atoms with Crippen molar-refractivity contribution in [1.82, 2.24) is 14.9 Å². The quantitative estimate of drug-likeness (QED) is 0.718. The van der Waals surface area contributed by atoms with Crippen LogP contribution in [0.25, 0.3) is 0 Å². The Morgan fingerprint density at radius 2 is 2.05 bits per heavy atom. The zero-order chi connectivity index (χ0) is 16.0. The van der Waals surface area contributed by atoms with Gasteiger partial charge in [0.05, 0.1) is 6.54 Å². The van der Waals surface area contributed by atoms with Crippen LogP contribution in [0.15, 0.2) is 15.4 Å². The number of nitrogens with one attached hydrogen (secondary N) is 2. The van der Waals surface area contributed by atoms with Gasteiger partial charge in [0.1, 0.15) is 16.4 Å². The topological polar surface area (TPSA) is 74.6 Å². The van der Waals surface area contributed by atoms with Crippen LogP contribution < -0.4 is 10.0 Å². The van der Waals surface area contributed by atoms with E-state index in [1.54, 1.807) is 13.0 Å². The summed E-state index contributed by atoms with van der Waals surface area (Å²) in [5.74, 6) is 1.06. The molecule has 21 heavy (non-hydrogen) atoms. The van der Waals surface area contributed by atoms with E-state index < -0.39 is 10.0 Å². The van der Waals surface area contributed by atoms with E-state index >= 15 is 0 Å². The van der Waals surface area contributed by atoms with E-state index in [-0.39, 0.29) is 4.90 Å². The summed E-state index contributed by atoms with van der Waals surface area (Å²) in [6.45, 7) is 10.2. The maximum absolute atomic E-state index is 12.3. The smallest absolute Gasteiger partial charge is 0.244 e. The standard InChI is InChI=1S/C14H27N3O3S/c1-6-15-10-13-9-14(12(4)20-13)21(18,19)16-7-8-17(5)11(2)3/h9,11,15-16H,6-8,10H2,1-5H3. The van der Waals surface area contributed by atoms with Gasteiger partial charge in [-0.2, -0.15) is 0 Å². The molecule has 0 aliphatic heterocycles. The Bertz CT molecular complexity index is 538. The van der Waals surface area contributed by atoms with Gasteiger partial charge in [-0.15, -0.1) is 0 Å². The second-order valence-electron chi connectivity index (χ2n) is 5.39. The first-order valence-electron chi connectivity index (χ1n) is 7.27. The molecule has 1 aromatic rings. The van der Waals surface area contributed by atoms with E-state index in [9.17, 15) is 8.42 Å². The lowest BCUT2D eigenvalue weighted by atomic mass is 10.3. The summed E-state index contributed by atoms with van der Waals surface area (Å²) in [5.41, 5.74) is 0. The average Bonchev–Trinajstić information content (AvgIpc) is 2.78. The van der Waals surface area contributed by atoms with Crippen molar-refractivity contribution in [3.63, 3.8) is 0 Å². The van der Waals surface area contributed by atoms with Crippen molar-refractivity contribution in [2.75, 3.05) is 26.7 Å². The molecular formula is C14H27N3O3S. The van der Waals surface area contributed by atoms with Crippen LogP contribution in [0, 0.1) is 6.92 Å². The highest BCUT2D eigenvalue weighted by Crippen LogP contribution is 2.19. The predicted octanol–water partition coefficient (Wildman–Crippen LogP) is 1.32. The fourth-order valence-electron chi connectivity index (χ4n) is 1.82. The van der Waals surface area contributed by atoms with Crippen molar-refractivity contribution in [3.8, 4) is 0 Å². The molecule has 0 radical (unpaired) electrons. The van der Waals surface area contributed by atoms with E-state index in [2.05, 4.69) is 28.8 Å². The molecule has 0 aliphatic carbocycles. The molecule has 0 atom stereocenters. The number of rotatable bonds is 9. The molecule has 0 unspecified atom stereocenters. The fraction of sp³-hybridized carbons (Fsp3) is 0.714. The van der Waals surface area contributed by atoms with Crippen LogP contribution in [0.5, 0.6) is 0 Å².